The predicted molar refractivity (Wildman–Crippen MR) is 166 cm³/mol. The van der Waals surface area contributed by atoms with E-state index in [-0.39, 0.29) is 40.0 Å². The summed E-state index contributed by atoms with van der Waals surface area (Å²) in [6, 6.07) is 15.7. The molecule has 12 nitrogen and oxygen atoms in total. The van der Waals surface area contributed by atoms with E-state index in [0.717, 1.165) is 5.56 Å². The zero-order chi connectivity index (χ0) is 33.4. The first-order valence-corrected chi connectivity index (χ1v) is 14.2. The number of carbonyl (C=O) groups excluding carboxylic acids is 5. The highest BCUT2D eigenvalue weighted by Crippen LogP contribution is 2.31. The van der Waals surface area contributed by atoms with Crippen molar-refractivity contribution < 1.29 is 48.0 Å². The molecule has 3 aromatic carbocycles. The van der Waals surface area contributed by atoms with Crippen LogP contribution in [0.4, 0.5) is 5.69 Å². The Balaban J connectivity index is 1.43. The number of nitrogens with one attached hydrogen (secondary N) is 1. The lowest BCUT2D eigenvalue weighted by Crippen LogP contribution is -2.14. The van der Waals surface area contributed by atoms with Crippen molar-refractivity contribution in [3.8, 4) is 23.0 Å². The first-order valence-electron chi connectivity index (χ1n) is 14.2. The molecule has 0 saturated carbocycles. The number of esters is 4. The number of anilines is 1. The van der Waals surface area contributed by atoms with E-state index >= 15 is 0 Å². The van der Waals surface area contributed by atoms with Crippen molar-refractivity contribution in [3.05, 3.63) is 89.5 Å². The van der Waals surface area contributed by atoms with Crippen LogP contribution in [0.1, 0.15) is 74.2 Å². The zero-order valence-corrected chi connectivity index (χ0v) is 25.6. The van der Waals surface area contributed by atoms with Crippen LogP contribution in [0, 0.1) is 0 Å². The van der Waals surface area contributed by atoms with Crippen molar-refractivity contribution >= 4 is 41.2 Å². The van der Waals surface area contributed by atoms with Crippen LogP contribution in [0.15, 0.2) is 77.8 Å². The van der Waals surface area contributed by atoms with Crippen molar-refractivity contribution in [1.29, 1.82) is 0 Å². The second-order valence-corrected chi connectivity index (χ2v) is 10.4. The summed E-state index contributed by atoms with van der Waals surface area (Å²) in [6.07, 6.45) is 3.79. The van der Waals surface area contributed by atoms with Gasteiger partial charge in [0.1, 0.15) is 23.0 Å². The number of benzene rings is 3. The molecule has 2 unspecified atom stereocenters. The summed E-state index contributed by atoms with van der Waals surface area (Å²) in [6.45, 7) is 4.91. The quantitative estimate of drug-likeness (QED) is 0.237. The maximum atomic E-state index is 13.0. The van der Waals surface area contributed by atoms with Gasteiger partial charge in [0.2, 0.25) is 0 Å². The molecule has 0 radical (unpaired) electrons. The molecule has 0 aromatic heterocycles. The van der Waals surface area contributed by atoms with Gasteiger partial charge in [0, 0.05) is 68.3 Å². The number of hydrogen-bond acceptors (Lipinski definition) is 11. The van der Waals surface area contributed by atoms with Gasteiger partial charge in [-0.15, -0.1) is 0 Å². The Morgan fingerprint density at radius 2 is 1.22 bits per heavy atom. The lowest BCUT2D eigenvalue weighted by atomic mass is 9.88. The van der Waals surface area contributed by atoms with Crippen LogP contribution in [0.2, 0.25) is 0 Å². The molecule has 2 N–H and O–H groups in total. The van der Waals surface area contributed by atoms with Gasteiger partial charge in [-0.25, -0.2) is 0 Å². The van der Waals surface area contributed by atoms with E-state index in [0.29, 0.717) is 24.2 Å². The number of allylic oxidation sites excluding steroid dienone is 2. The summed E-state index contributed by atoms with van der Waals surface area (Å²) in [7, 11) is 0. The second kappa shape index (κ2) is 14.9. The minimum atomic E-state index is -1.29. The summed E-state index contributed by atoms with van der Waals surface area (Å²) < 4.78 is 20.4. The van der Waals surface area contributed by atoms with Crippen LogP contribution >= 0.6 is 0 Å². The highest BCUT2D eigenvalue weighted by molar-refractivity contribution is 6.05. The molecule has 46 heavy (non-hydrogen) atoms. The Labute approximate surface area is 264 Å². The van der Waals surface area contributed by atoms with Gasteiger partial charge in [0.05, 0.1) is 0 Å². The van der Waals surface area contributed by atoms with E-state index in [2.05, 4.69) is 10.3 Å². The summed E-state index contributed by atoms with van der Waals surface area (Å²) in [5, 5.41) is 13.6. The van der Waals surface area contributed by atoms with E-state index in [9.17, 15) is 29.1 Å². The Kier molecular flexibility index (Phi) is 10.8. The molecule has 0 bridgehead atoms. The molecule has 2 atom stereocenters. The minimum Gasteiger partial charge on any atom is -0.427 e. The Hall–Kier alpha value is -5.62. The smallest absolute Gasteiger partial charge is 0.308 e. The maximum Gasteiger partial charge on any atom is 0.308 e. The van der Waals surface area contributed by atoms with Gasteiger partial charge in [-0.2, -0.15) is 0 Å². The summed E-state index contributed by atoms with van der Waals surface area (Å²) >= 11 is 0. The molecule has 0 saturated heterocycles. The third kappa shape index (κ3) is 9.69. The van der Waals surface area contributed by atoms with Crippen molar-refractivity contribution in [2.75, 3.05) is 5.32 Å². The predicted octanol–water partition coefficient (Wildman–Crippen LogP) is 5.21. The highest BCUT2D eigenvalue weighted by atomic mass is 16.6. The number of aliphatic hydroxyl groups excluding tert-OH is 1. The van der Waals surface area contributed by atoms with Crippen LogP contribution in [0.5, 0.6) is 23.0 Å². The van der Waals surface area contributed by atoms with Gasteiger partial charge in [0.15, 0.2) is 6.23 Å². The van der Waals surface area contributed by atoms with E-state index < -0.39 is 36.0 Å². The molecular formula is C34H32N2O10. The van der Waals surface area contributed by atoms with E-state index in [1.54, 1.807) is 12.1 Å². The van der Waals surface area contributed by atoms with Crippen molar-refractivity contribution in [2.45, 2.75) is 52.7 Å². The van der Waals surface area contributed by atoms with Gasteiger partial charge >= 0.3 is 23.9 Å². The molecule has 12 heteroatoms. The molecular weight excluding hydrogens is 596 g/mol. The molecule has 0 heterocycles. The number of rotatable bonds is 9. The number of aliphatic imine (C=N–C) groups is 1. The molecule has 0 spiro atoms. The number of nitrogens with zero attached hydrogens (tertiary/aromatic N) is 1. The topological polar surface area (TPSA) is 167 Å². The van der Waals surface area contributed by atoms with Gasteiger partial charge in [0.25, 0.3) is 5.91 Å². The van der Waals surface area contributed by atoms with E-state index in [1.165, 1.54) is 64.1 Å². The molecule has 1 aliphatic rings. The van der Waals surface area contributed by atoms with Crippen LogP contribution in [0.3, 0.4) is 0 Å². The van der Waals surface area contributed by atoms with Crippen molar-refractivity contribution in [3.63, 3.8) is 0 Å². The van der Waals surface area contributed by atoms with Crippen LogP contribution < -0.4 is 24.3 Å². The minimum absolute atomic E-state index is 0.0635. The summed E-state index contributed by atoms with van der Waals surface area (Å²) in [4.78, 5) is 63.0. The van der Waals surface area contributed by atoms with Crippen LogP contribution in [-0.4, -0.2) is 40.6 Å². The lowest BCUT2D eigenvalue weighted by molar-refractivity contribution is -0.133. The summed E-state index contributed by atoms with van der Waals surface area (Å²) in [5.41, 5.74) is 2.60. The fraction of sp³-hybridized carbons (Fsp3) is 0.235. The van der Waals surface area contributed by atoms with Gasteiger partial charge in [-0.3, -0.25) is 29.0 Å². The molecule has 1 aliphatic carbocycles. The largest absolute Gasteiger partial charge is 0.427 e. The van der Waals surface area contributed by atoms with Crippen LogP contribution in [-0.2, 0) is 19.2 Å². The van der Waals surface area contributed by atoms with Gasteiger partial charge < -0.3 is 29.4 Å². The first kappa shape index (κ1) is 33.3. The lowest BCUT2D eigenvalue weighted by Gasteiger charge is -2.19. The average Bonchev–Trinajstić information content (AvgIpc) is 2.96. The Morgan fingerprint density at radius 3 is 1.65 bits per heavy atom. The number of amides is 1. The maximum absolute atomic E-state index is 13.0. The third-order valence-corrected chi connectivity index (χ3v) is 6.51. The molecule has 3 aromatic rings. The number of ether oxygens (including phenoxy) is 4. The molecule has 0 fully saturated rings. The third-order valence-electron chi connectivity index (χ3n) is 6.51. The van der Waals surface area contributed by atoms with Gasteiger partial charge in [-0.05, 0) is 60.9 Å². The fourth-order valence-electron chi connectivity index (χ4n) is 4.69. The SMILES string of the molecule is CC(=O)Oc1cc(OC(C)=O)cc(C(=O)Nc2ccc(C3C=CC(=NC(O)c4cc(OC(C)=O)cc(OC(C)=O)c4)CC3)cc2)c1. The standard InChI is InChI=1S/C34H32N2O10/c1-19(37)43-29-13-25(14-30(17-29)44-20(2)38)33(41)35-27-9-5-23(6-10-27)24-7-11-28(12-8-24)36-34(42)26-15-31(45-21(3)39)18-32(16-26)46-22(4)40/h5-7,9-11,13-18,24,34,42H,8,12H2,1-4H3,(H,35,41). The fourth-order valence-corrected chi connectivity index (χ4v) is 4.69. The molecule has 4 rings (SSSR count). The monoisotopic (exact) mass is 628 g/mol. The summed E-state index contributed by atoms with van der Waals surface area (Å²) in [5.74, 6) is -2.39. The normalized spacial score (nSPS) is 15.4. The van der Waals surface area contributed by atoms with E-state index in [1.807, 2.05) is 24.3 Å². The number of carbonyl (C=O) groups is 5. The molecule has 238 valence electrons. The number of aliphatic hydroxyl groups is 1. The zero-order valence-electron chi connectivity index (χ0n) is 25.6. The van der Waals surface area contributed by atoms with Gasteiger partial charge in [-0.1, -0.05) is 18.2 Å². The van der Waals surface area contributed by atoms with Crippen molar-refractivity contribution in [2.24, 2.45) is 4.99 Å². The average molecular weight is 629 g/mol. The molecule has 0 aliphatic heterocycles. The Bertz CT molecular complexity index is 1660. The first-order chi connectivity index (χ1) is 21.8. The van der Waals surface area contributed by atoms with E-state index in [4.69, 9.17) is 18.9 Å². The number of hydrogen-bond donors (Lipinski definition) is 2. The Morgan fingerprint density at radius 1 is 0.739 bits per heavy atom. The second-order valence-electron chi connectivity index (χ2n) is 10.4. The highest BCUT2D eigenvalue weighted by Gasteiger charge is 2.18. The molecule has 1 amide bonds. The van der Waals surface area contributed by atoms with Crippen LogP contribution in [0.25, 0.3) is 0 Å². The van der Waals surface area contributed by atoms with Crippen molar-refractivity contribution in [1.82, 2.24) is 0 Å².